The third-order valence-corrected chi connectivity index (χ3v) is 7.31. The molecule has 13 heteroatoms. The van der Waals surface area contributed by atoms with Crippen LogP contribution in [0.25, 0.3) is 11.5 Å². The molecule has 1 saturated heterocycles. The number of likely N-dealkylation sites (tertiary alicyclic amines) is 1. The van der Waals surface area contributed by atoms with Crippen LogP contribution in [0.3, 0.4) is 0 Å². The molecule has 226 valence electrons. The summed E-state index contributed by atoms with van der Waals surface area (Å²) in [6, 6.07) is 6.34. The zero-order chi connectivity index (χ0) is 30.2. The zero-order valence-corrected chi connectivity index (χ0v) is 23.4. The van der Waals surface area contributed by atoms with Gasteiger partial charge in [0, 0.05) is 37.1 Å². The Bertz CT molecular complexity index is 1320. The quantitative estimate of drug-likeness (QED) is 0.378. The summed E-state index contributed by atoms with van der Waals surface area (Å²) in [4.78, 5) is 37.8. The Kier molecular flexibility index (Phi) is 10.3. The minimum absolute atomic E-state index is 0.112. The highest BCUT2D eigenvalue weighted by Gasteiger charge is 2.39. The summed E-state index contributed by atoms with van der Waals surface area (Å²) in [6.07, 6.45) is 5.36. The van der Waals surface area contributed by atoms with Crippen LogP contribution in [0.15, 0.2) is 53.4 Å². The topological polar surface area (TPSA) is 133 Å². The summed E-state index contributed by atoms with van der Waals surface area (Å²) in [7, 11) is 0. The first kappa shape index (κ1) is 31.1. The van der Waals surface area contributed by atoms with Gasteiger partial charge in [0.15, 0.2) is 5.82 Å². The summed E-state index contributed by atoms with van der Waals surface area (Å²) in [6.45, 7) is 4.18. The van der Waals surface area contributed by atoms with Crippen LogP contribution >= 0.6 is 0 Å². The first-order valence-electron chi connectivity index (χ1n) is 14.0. The highest BCUT2D eigenvalue weighted by molar-refractivity contribution is 5.96. The maximum atomic E-state index is 12.6. The number of carbonyl (C=O) groups excluding carboxylic acids is 2. The van der Waals surface area contributed by atoms with Gasteiger partial charge in [-0.15, -0.1) is 0 Å². The molecule has 2 aromatic heterocycles. The molecule has 2 fully saturated rings. The van der Waals surface area contributed by atoms with Crippen molar-refractivity contribution in [3.8, 4) is 11.5 Å². The number of amides is 2. The number of nitrogens with zero attached hydrogens (tertiary/aromatic N) is 4. The number of nitrogens with one attached hydrogen (secondary N) is 2. The van der Waals surface area contributed by atoms with Crippen LogP contribution in [-0.4, -0.2) is 69.0 Å². The number of aromatic nitrogens is 3. The molecular formula is C29H35F3N6O4. The molecule has 2 amide bonds. The SMILES string of the molecule is CCNC1CCC(O)(c2nc(-c3ncccn3)co2)CC1.O=C(NCC(=O)N1CCCC1)c1cccc(C(F)(F)F)c1. The lowest BCUT2D eigenvalue weighted by Gasteiger charge is -2.33. The lowest BCUT2D eigenvalue weighted by molar-refractivity contribution is -0.137. The van der Waals surface area contributed by atoms with Crippen LogP contribution in [-0.2, 0) is 16.6 Å². The maximum Gasteiger partial charge on any atom is 0.416 e. The Morgan fingerprint density at radius 2 is 1.81 bits per heavy atom. The van der Waals surface area contributed by atoms with Crippen LogP contribution in [0.4, 0.5) is 13.2 Å². The summed E-state index contributed by atoms with van der Waals surface area (Å²) in [5.41, 5.74) is -1.41. The second-order valence-electron chi connectivity index (χ2n) is 10.3. The lowest BCUT2D eigenvalue weighted by Crippen LogP contribution is -2.39. The molecule has 3 N–H and O–H groups in total. The van der Waals surface area contributed by atoms with Gasteiger partial charge in [-0.1, -0.05) is 13.0 Å². The van der Waals surface area contributed by atoms with Gasteiger partial charge in [-0.2, -0.15) is 13.2 Å². The number of alkyl halides is 3. The molecule has 42 heavy (non-hydrogen) atoms. The summed E-state index contributed by atoms with van der Waals surface area (Å²) < 4.78 is 43.2. The normalized spacial score (nSPS) is 20.5. The highest BCUT2D eigenvalue weighted by atomic mass is 19.4. The molecule has 0 spiro atoms. The van der Waals surface area contributed by atoms with Crippen LogP contribution in [0.5, 0.6) is 0 Å². The van der Waals surface area contributed by atoms with Gasteiger partial charge in [-0.05, 0) is 69.3 Å². The van der Waals surface area contributed by atoms with Crippen molar-refractivity contribution in [2.24, 2.45) is 0 Å². The van der Waals surface area contributed by atoms with Crippen molar-refractivity contribution in [2.45, 2.75) is 63.3 Å². The van der Waals surface area contributed by atoms with Gasteiger partial charge >= 0.3 is 6.18 Å². The van der Waals surface area contributed by atoms with E-state index in [-0.39, 0.29) is 18.0 Å². The smallest absolute Gasteiger partial charge is 0.416 e. The van der Waals surface area contributed by atoms with Crippen molar-refractivity contribution in [1.82, 2.24) is 30.5 Å². The third-order valence-electron chi connectivity index (χ3n) is 7.31. The summed E-state index contributed by atoms with van der Waals surface area (Å²) in [5, 5.41) is 16.5. The molecule has 0 bridgehead atoms. The minimum Gasteiger partial charge on any atom is -0.445 e. The molecule has 0 unspecified atom stereocenters. The molecule has 3 heterocycles. The third kappa shape index (κ3) is 8.13. The Morgan fingerprint density at radius 1 is 1.12 bits per heavy atom. The fourth-order valence-electron chi connectivity index (χ4n) is 5.00. The summed E-state index contributed by atoms with van der Waals surface area (Å²) >= 11 is 0. The van der Waals surface area contributed by atoms with Gasteiger partial charge in [0.05, 0.1) is 12.1 Å². The Hall–Kier alpha value is -3.84. The number of halogens is 3. The van der Waals surface area contributed by atoms with E-state index in [1.54, 1.807) is 23.4 Å². The number of hydrogen-bond acceptors (Lipinski definition) is 8. The molecule has 0 radical (unpaired) electrons. The van der Waals surface area contributed by atoms with E-state index in [0.717, 1.165) is 44.4 Å². The van der Waals surface area contributed by atoms with Crippen LogP contribution in [0.2, 0.25) is 0 Å². The second-order valence-corrected chi connectivity index (χ2v) is 10.3. The highest BCUT2D eigenvalue weighted by Crippen LogP contribution is 2.37. The van der Waals surface area contributed by atoms with Crippen LogP contribution < -0.4 is 10.6 Å². The van der Waals surface area contributed by atoms with E-state index in [2.05, 4.69) is 32.5 Å². The van der Waals surface area contributed by atoms with Crippen LogP contribution in [0.1, 0.15) is 67.3 Å². The fraction of sp³-hybridized carbons (Fsp3) is 0.483. The molecular weight excluding hydrogens is 553 g/mol. The van der Waals surface area contributed by atoms with Crippen molar-refractivity contribution < 1.29 is 32.3 Å². The predicted molar refractivity (Wildman–Crippen MR) is 147 cm³/mol. The van der Waals surface area contributed by atoms with Crippen molar-refractivity contribution >= 4 is 11.8 Å². The molecule has 1 aliphatic carbocycles. The molecule has 5 rings (SSSR count). The molecule has 1 aliphatic heterocycles. The molecule has 1 saturated carbocycles. The molecule has 3 aromatic rings. The lowest BCUT2D eigenvalue weighted by atomic mass is 9.82. The number of oxazole rings is 1. The zero-order valence-electron chi connectivity index (χ0n) is 23.4. The van der Waals surface area contributed by atoms with Crippen molar-refractivity contribution in [2.75, 3.05) is 26.2 Å². The minimum atomic E-state index is -4.50. The van der Waals surface area contributed by atoms with E-state index >= 15 is 0 Å². The largest absolute Gasteiger partial charge is 0.445 e. The Morgan fingerprint density at radius 3 is 2.45 bits per heavy atom. The van der Waals surface area contributed by atoms with Gasteiger partial charge < -0.3 is 25.1 Å². The van der Waals surface area contributed by atoms with Gasteiger partial charge in [0.2, 0.25) is 11.8 Å². The Labute approximate surface area is 241 Å². The predicted octanol–water partition coefficient (Wildman–Crippen LogP) is 3.93. The maximum absolute atomic E-state index is 12.6. The molecule has 10 nitrogen and oxygen atoms in total. The first-order valence-corrected chi connectivity index (χ1v) is 14.0. The number of rotatable bonds is 7. The van der Waals surface area contributed by atoms with E-state index in [1.807, 2.05) is 0 Å². The van der Waals surface area contributed by atoms with Gasteiger partial charge in [0.25, 0.3) is 5.91 Å². The molecule has 2 aliphatic rings. The second kappa shape index (κ2) is 13.9. The number of carbonyl (C=O) groups is 2. The van der Waals surface area contributed by atoms with Gasteiger partial charge in [-0.3, -0.25) is 9.59 Å². The Balaban J connectivity index is 0.000000193. The number of hydrogen-bond donors (Lipinski definition) is 3. The van der Waals surface area contributed by atoms with Crippen LogP contribution in [0, 0.1) is 0 Å². The summed E-state index contributed by atoms with van der Waals surface area (Å²) in [5.74, 6) is -0.0150. The van der Waals surface area contributed by atoms with Gasteiger partial charge in [-0.25, -0.2) is 15.0 Å². The van der Waals surface area contributed by atoms with Gasteiger partial charge in [0.1, 0.15) is 17.6 Å². The number of aliphatic hydroxyl groups is 1. The van der Waals surface area contributed by atoms with E-state index in [1.165, 1.54) is 18.4 Å². The van der Waals surface area contributed by atoms with Crippen molar-refractivity contribution in [1.29, 1.82) is 0 Å². The van der Waals surface area contributed by atoms with Crippen molar-refractivity contribution in [3.63, 3.8) is 0 Å². The molecule has 0 atom stereocenters. The first-order chi connectivity index (χ1) is 20.1. The fourth-order valence-corrected chi connectivity index (χ4v) is 5.00. The van der Waals surface area contributed by atoms with Crippen molar-refractivity contribution in [3.05, 3.63) is 66.0 Å². The monoisotopic (exact) mass is 588 g/mol. The number of benzene rings is 1. The average Bonchev–Trinajstić information content (AvgIpc) is 3.72. The van der Waals surface area contributed by atoms with E-state index in [9.17, 15) is 27.9 Å². The average molecular weight is 589 g/mol. The standard InChI is InChI=1S/C15H20N4O2.C14H15F3N2O2/c1-2-16-11-4-6-15(20,7-5-11)14-19-12(10-21-14)13-17-8-3-9-18-13;15-14(16,17)11-5-3-4-10(8-11)13(21)18-9-12(20)19-6-1-2-7-19/h3,8-11,16,20H,2,4-7H2,1H3;3-5,8H,1-2,6-7,9H2,(H,18,21). The van der Waals surface area contributed by atoms with E-state index in [4.69, 9.17) is 4.42 Å². The van der Waals surface area contributed by atoms with E-state index in [0.29, 0.717) is 49.4 Å². The molecule has 1 aromatic carbocycles. The van der Waals surface area contributed by atoms with E-state index < -0.39 is 23.2 Å².